The summed E-state index contributed by atoms with van der Waals surface area (Å²) in [5.74, 6) is 1.77. The number of hydrogen-bond donors (Lipinski definition) is 1. The van der Waals surface area contributed by atoms with Gasteiger partial charge in [-0.3, -0.25) is 0 Å². The second kappa shape index (κ2) is 8.61. The van der Waals surface area contributed by atoms with Crippen LogP contribution in [0.3, 0.4) is 0 Å². The molecule has 29 heavy (non-hydrogen) atoms. The van der Waals surface area contributed by atoms with Gasteiger partial charge >= 0.3 is 0 Å². The molecule has 0 radical (unpaired) electrons. The fraction of sp³-hybridized carbons (Fsp3) is 0.318. The van der Waals surface area contributed by atoms with Crippen molar-refractivity contribution in [3.05, 3.63) is 41.8 Å². The van der Waals surface area contributed by atoms with Gasteiger partial charge in [0.15, 0.2) is 16.6 Å². The number of methoxy groups -OCH3 is 3. The Morgan fingerprint density at radius 2 is 1.59 bits per heavy atom. The fourth-order valence-electron chi connectivity index (χ4n) is 3.56. The molecule has 7 heteroatoms. The first-order chi connectivity index (χ1) is 14.2. The molecule has 1 aliphatic rings. The number of hydrogen-bond acceptors (Lipinski definition) is 7. The van der Waals surface area contributed by atoms with Crippen molar-refractivity contribution < 1.29 is 14.2 Å². The second-order valence-corrected chi connectivity index (χ2v) is 7.68. The largest absolute Gasteiger partial charge is 0.493 e. The quantitative estimate of drug-likeness (QED) is 0.578. The minimum absolute atomic E-state index is 0.568. The van der Waals surface area contributed by atoms with Crippen LogP contribution in [0.25, 0.3) is 11.3 Å². The zero-order valence-corrected chi connectivity index (χ0v) is 17.7. The Balaban J connectivity index is 1.52. The summed E-state index contributed by atoms with van der Waals surface area (Å²) in [4.78, 5) is 7.17. The molecule has 2 aromatic carbocycles. The zero-order chi connectivity index (χ0) is 20.2. The normalized spacial score (nSPS) is 13.4. The lowest BCUT2D eigenvalue weighted by atomic mass is 10.1. The number of nitrogens with zero attached hydrogens (tertiary/aromatic N) is 2. The molecule has 0 bridgehead atoms. The molecule has 1 N–H and O–H groups in total. The van der Waals surface area contributed by atoms with Crippen LogP contribution < -0.4 is 24.4 Å². The number of rotatable bonds is 7. The van der Waals surface area contributed by atoms with Crippen LogP contribution in [0.5, 0.6) is 17.2 Å². The van der Waals surface area contributed by atoms with Crippen LogP contribution in [-0.4, -0.2) is 39.4 Å². The topological polar surface area (TPSA) is 55.9 Å². The van der Waals surface area contributed by atoms with E-state index in [2.05, 4.69) is 39.9 Å². The van der Waals surface area contributed by atoms with Gasteiger partial charge < -0.3 is 24.4 Å². The van der Waals surface area contributed by atoms with E-state index in [1.165, 1.54) is 18.5 Å². The summed E-state index contributed by atoms with van der Waals surface area (Å²) in [5, 5.41) is 6.20. The summed E-state index contributed by atoms with van der Waals surface area (Å²) in [6.07, 6.45) is 2.56. The third kappa shape index (κ3) is 4.10. The van der Waals surface area contributed by atoms with Crippen molar-refractivity contribution in [2.45, 2.75) is 12.8 Å². The first kappa shape index (κ1) is 19.4. The highest BCUT2D eigenvalue weighted by molar-refractivity contribution is 7.14. The van der Waals surface area contributed by atoms with E-state index in [1.54, 1.807) is 32.7 Å². The number of nitrogens with one attached hydrogen (secondary N) is 1. The lowest BCUT2D eigenvalue weighted by Gasteiger charge is -2.17. The number of benzene rings is 2. The molecule has 152 valence electrons. The molecule has 0 amide bonds. The van der Waals surface area contributed by atoms with Gasteiger partial charge in [0.2, 0.25) is 5.75 Å². The van der Waals surface area contributed by atoms with Gasteiger partial charge in [-0.1, -0.05) is 12.1 Å². The molecule has 0 spiro atoms. The van der Waals surface area contributed by atoms with E-state index in [-0.39, 0.29) is 0 Å². The average Bonchev–Trinajstić information content (AvgIpc) is 3.45. The third-order valence-corrected chi connectivity index (χ3v) is 5.81. The van der Waals surface area contributed by atoms with Crippen LogP contribution in [0.2, 0.25) is 0 Å². The molecule has 1 fully saturated rings. The molecule has 1 aromatic heterocycles. The standard InChI is InChI=1S/C22H25N3O3S/c1-26-19-12-16(13-20(27-2)21(19)28-3)23-22-24-18(14-29-22)15-6-8-17(9-7-15)25-10-4-5-11-25/h6-9,12-14H,4-5,10-11H2,1-3H3,(H,23,24). The van der Waals surface area contributed by atoms with E-state index in [9.17, 15) is 0 Å². The Kier molecular flexibility index (Phi) is 5.76. The second-order valence-electron chi connectivity index (χ2n) is 6.82. The van der Waals surface area contributed by atoms with Gasteiger partial charge in [0.05, 0.1) is 27.0 Å². The lowest BCUT2D eigenvalue weighted by molar-refractivity contribution is 0.324. The molecular formula is C22H25N3O3S. The van der Waals surface area contributed by atoms with E-state index in [0.29, 0.717) is 17.2 Å². The maximum atomic E-state index is 5.42. The highest BCUT2D eigenvalue weighted by Crippen LogP contribution is 2.41. The van der Waals surface area contributed by atoms with Crippen molar-refractivity contribution in [2.75, 3.05) is 44.6 Å². The van der Waals surface area contributed by atoms with Crippen molar-refractivity contribution in [3.63, 3.8) is 0 Å². The summed E-state index contributed by atoms with van der Waals surface area (Å²) in [6.45, 7) is 2.30. The number of thiazole rings is 1. The average molecular weight is 412 g/mol. The molecule has 4 rings (SSSR count). The number of ether oxygens (including phenoxy) is 3. The van der Waals surface area contributed by atoms with Crippen LogP contribution in [0.15, 0.2) is 41.8 Å². The minimum atomic E-state index is 0.568. The molecular weight excluding hydrogens is 386 g/mol. The first-order valence-electron chi connectivity index (χ1n) is 9.59. The maximum absolute atomic E-state index is 5.42. The van der Waals surface area contributed by atoms with Crippen molar-refractivity contribution >= 4 is 27.8 Å². The van der Waals surface area contributed by atoms with E-state index in [1.807, 2.05) is 12.1 Å². The van der Waals surface area contributed by atoms with E-state index in [0.717, 1.165) is 35.2 Å². The Bertz CT molecular complexity index is 941. The highest BCUT2D eigenvalue weighted by Gasteiger charge is 2.15. The van der Waals surface area contributed by atoms with Crippen LogP contribution in [0.4, 0.5) is 16.5 Å². The summed E-state index contributed by atoms with van der Waals surface area (Å²) >= 11 is 1.56. The molecule has 1 aliphatic heterocycles. The summed E-state index contributed by atoms with van der Waals surface area (Å²) in [7, 11) is 4.80. The lowest BCUT2D eigenvalue weighted by Crippen LogP contribution is -2.17. The molecule has 0 atom stereocenters. The summed E-state index contributed by atoms with van der Waals surface area (Å²) < 4.78 is 16.2. The highest BCUT2D eigenvalue weighted by atomic mass is 32.1. The van der Waals surface area contributed by atoms with E-state index in [4.69, 9.17) is 19.2 Å². The summed E-state index contributed by atoms with van der Waals surface area (Å²) in [6, 6.07) is 12.4. The third-order valence-electron chi connectivity index (χ3n) is 5.05. The van der Waals surface area contributed by atoms with Gasteiger partial charge in [-0.05, 0) is 25.0 Å². The Labute approximate surface area is 175 Å². The van der Waals surface area contributed by atoms with Crippen molar-refractivity contribution in [1.82, 2.24) is 4.98 Å². The molecule has 0 unspecified atom stereocenters. The molecule has 0 saturated carbocycles. The van der Waals surface area contributed by atoms with Gasteiger partial charge in [-0.15, -0.1) is 11.3 Å². The monoisotopic (exact) mass is 411 g/mol. The predicted octanol–water partition coefficient (Wildman–Crippen LogP) is 5.18. The van der Waals surface area contributed by atoms with Crippen LogP contribution in [0, 0.1) is 0 Å². The van der Waals surface area contributed by atoms with Gasteiger partial charge in [0.1, 0.15) is 0 Å². The smallest absolute Gasteiger partial charge is 0.203 e. The minimum Gasteiger partial charge on any atom is -0.493 e. The first-order valence-corrected chi connectivity index (χ1v) is 10.5. The van der Waals surface area contributed by atoms with Crippen LogP contribution in [0.1, 0.15) is 12.8 Å². The zero-order valence-electron chi connectivity index (χ0n) is 16.9. The Hall–Kier alpha value is -2.93. The van der Waals surface area contributed by atoms with Crippen molar-refractivity contribution in [3.8, 4) is 28.5 Å². The molecule has 2 heterocycles. The van der Waals surface area contributed by atoms with Gasteiger partial charge in [-0.25, -0.2) is 4.98 Å². The van der Waals surface area contributed by atoms with Crippen molar-refractivity contribution in [1.29, 1.82) is 0 Å². The maximum Gasteiger partial charge on any atom is 0.203 e. The number of aromatic nitrogens is 1. The molecule has 0 aliphatic carbocycles. The predicted molar refractivity (Wildman–Crippen MR) is 118 cm³/mol. The van der Waals surface area contributed by atoms with Gasteiger partial charge in [0, 0.05) is 47.5 Å². The van der Waals surface area contributed by atoms with Crippen LogP contribution >= 0.6 is 11.3 Å². The van der Waals surface area contributed by atoms with E-state index < -0.39 is 0 Å². The summed E-state index contributed by atoms with van der Waals surface area (Å²) in [5.41, 5.74) is 4.18. The van der Waals surface area contributed by atoms with E-state index >= 15 is 0 Å². The van der Waals surface area contributed by atoms with Crippen LogP contribution in [-0.2, 0) is 0 Å². The SMILES string of the molecule is COc1cc(Nc2nc(-c3ccc(N4CCCC4)cc3)cs2)cc(OC)c1OC. The van der Waals surface area contributed by atoms with Gasteiger partial charge in [-0.2, -0.15) is 0 Å². The Morgan fingerprint density at radius 3 is 2.17 bits per heavy atom. The molecule has 6 nitrogen and oxygen atoms in total. The Morgan fingerprint density at radius 1 is 0.931 bits per heavy atom. The molecule has 3 aromatic rings. The van der Waals surface area contributed by atoms with Gasteiger partial charge in [0.25, 0.3) is 0 Å². The molecule has 1 saturated heterocycles. The number of anilines is 3. The van der Waals surface area contributed by atoms with Crippen molar-refractivity contribution in [2.24, 2.45) is 0 Å². The fourth-order valence-corrected chi connectivity index (χ4v) is 4.30.